The van der Waals surface area contributed by atoms with Gasteiger partial charge in [-0.3, -0.25) is 4.79 Å². The van der Waals surface area contributed by atoms with E-state index in [4.69, 9.17) is 25.9 Å². The number of hydrogen-bond donors (Lipinski definition) is 1. The van der Waals surface area contributed by atoms with Gasteiger partial charge in [0.05, 0.1) is 14.8 Å². The van der Waals surface area contributed by atoms with E-state index in [0.29, 0.717) is 22.3 Å². The number of halogens is 1. The van der Waals surface area contributed by atoms with Gasteiger partial charge in [-0.05, 0) is 43.7 Å². The zero-order chi connectivity index (χ0) is 18.3. The average molecular weight is 393 g/mol. The Bertz CT molecular complexity index is 893. The Kier molecular flexibility index (Phi) is 4.28. The van der Waals surface area contributed by atoms with E-state index >= 15 is 0 Å². The highest BCUT2D eigenvalue weighted by Gasteiger charge is 2.34. The van der Waals surface area contributed by atoms with E-state index in [1.54, 1.807) is 6.07 Å². The van der Waals surface area contributed by atoms with Crippen molar-refractivity contribution >= 4 is 34.6 Å². The Morgan fingerprint density at radius 1 is 1.27 bits per heavy atom. The lowest BCUT2D eigenvalue weighted by molar-refractivity contribution is -0.133. The first-order chi connectivity index (χ1) is 12.4. The van der Waals surface area contributed by atoms with E-state index < -0.39 is 11.6 Å². The standard InChI is InChI=1S/C18H17ClN2O4S/c1-18(2,10-3-4-12-13(7-10)24-9-23-12)20-17(22)14-8-11(21-25-14)15-5-6-16(19)26-15/h3-7,14H,8-9H2,1-2H3,(H,20,22)/t14-/m1/s1. The Labute approximate surface area is 159 Å². The molecule has 0 fully saturated rings. The van der Waals surface area contributed by atoms with Gasteiger partial charge in [0.2, 0.25) is 12.9 Å². The first kappa shape index (κ1) is 17.2. The molecule has 0 saturated heterocycles. The molecule has 0 spiro atoms. The van der Waals surface area contributed by atoms with Gasteiger partial charge in [-0.2, -0.15) is 0 Å². The summed E-state index contributed by atoms with van der Waals surface area (Å²) >= 11 is 7.37. The summed E-state index contributed by atoms with van der Waals surface area (Å²) in [6, 6.07) is 9.33. The summed E-state index contributed by atoms with van der Waals surface area (Å²) in [6.07, 6.45) is -0.237. The van der Waals surface area contributed by atoms with Crippen molar-refractivity contribution in [1.82, 2.24) is 5.32 Å². The van der Waals surface area contributed by atoms with Crippen LogP contribution in [0.15, 0.2) is 35.5 Å². The monoisotopic (exact) mass is 392 g/mol. The fourth-order valence-corrected chi connectivity index (χ4v) is 3.91. The van der Waals surface area contributed by atoms with Crippen molar-refractivity contribution in [3.05, 3.63) is 45.1 Å². The van der Waals surface area contributed by atoms with Crippen LogP contribution in [-0.4, -0.2) is 24.5 Å². The SMILES string of the molecule is CC(C)(NC(=O)[C@H]1CC(c2ccc(Cl)s2)=NO1)c1ccc2c(c1)OCO2. The number of rotatable bonds is 4. The van der Waals surface area contributed by atoms with Crippen LogP contribution in [0.25, 0.3) is 0 Å². The molecule has 0 saturated carbocycles. The van der Waals surface area contributed by atoms with Crippen molar-refractivity contribution in [3.8, 4) is 11.5 Å². The highest BCUT2D eigenvalue weighted by molar-refractivity contribution is 7.18. The second-order valence-corrected chi connectivity index (χ2v) is 8.34. The minimum atomic E-state index is -0.654. The van der Waals surface area contributed by atoms with Crippen molar-refractivity contribution in [1.29, 1.82) is 0 Å². The number of benzene rings is 1. The summed E-state index contributed by atoms with van der Waals surface area (Å²) in [5.41, 5.74) is 1.05. The molecule has 8 heteroatoms. The molecule has 2 aliphatic heterocycles. The van der Waals surface area contributed by atoms with E-state index in [-0.39, 0.29) is 12.7 Å². The highest BCUT2D eigenvalue weighted by Crippen LogP contribution is 2.36. The molecule has 6 nitrogen and oxygen atoms in total. The fraction of sp³-hybridized carbons (Fsp3) is 0.333. The third-order valence-electron chi connectivity index (χ3n) is 4.35. The van der Waals surface area contributed by atoms with Crippen molar-refractivity contribution in [2.45, 2.75) is 31.9 Å². The predicted octanol–water partition coefficient (Wildman–Crippen LogP) is 3.67. The Morgan fingerprint density at radius 3 is 2.85 bits per heavy atom. The predicted molar refractivity (Wildman–Crippen MR) is 99.1 cm³/mol. The van der Waals surface area contributed by atoms with Crippen molar-refractivity contribution in [2.75, 3.05) is 6.79 Å². The number of nitrogens with one attached hydrogen (secondary N) is 1. The molecule has 0 unspecified atom stereocenters. The maximum absolute atomic E-state index is 12.7. The summed E-state index contributed by atoms with van der Waals surface area (Å²) in [7, 11) is 0. The van der Waals surface area contributed by atoms with Crippen LogP contribution in [0.4, 0.5) is 0 Å². The lowest BCUT2D eigenvalue weighted by atomic mass is 9.93. The minimum absolute atomic E-state index is 0.214. The van der Waals surface area contributed by atoms with Gasteiger partial charge < -0.3 is 19.6 Å². The number of hydrogen-bond acceptors (Lipinski definition) is 6. The summed E-state index contributed by atoms with van der Waals surface area (Å²) in [6.45, 7) is 4.07. The van der Waals surface area contributed by atoms with Gasteiger partial charge in [0.1, 0.15) is 5.71 Å². The molecule has 1 amide bonds. The van der Waals surface area contributed by atoms with E-state index in [9.17, 15) is 4.79 Å². The van der Waals surface area contributed by atoms with Crippen LogP contribution >= 0.6 is 22.9 Å². The molecule has 2 aliphatic rings. The number of amides is 1. The molecule has 0 radical (unpaired) electrons. The van der Waals surface area contributed by atoms with Crippen LogP contribution in [0, 0.1) is 0 Å². The topological polar surface area (TPSA) is 69.2 Å². The molecule has 1 atom stereocenters. The normalized spacial score (nSPS) is 18.4. The summed E-state index contributed by atoms with van der Waals surface area (Å²) < 4.78 is 11.4. The van der Waals surface area contributed by atoms with Gasteiger partial charge in [0, 0.05) is 6.42 Å². The number of ether oxygens (including phenoxy) is 2. The van der Waals surface area contributed by atoms with Gasteiger partial charge in [0.15, 0.2) is 11.5 Å². The number of thiophene rings is 1. The molecule has 1 aromatic carbocycles. The second kappa shape index (κ2) is 6.48. The molecule has 3 heterocycles. The molecule has 26 heavy (non-hydrogen) atoms. The number of nitrogens with zero attached hydrogens (tertiary/aromatic N) is 1. The molecule has 1 aromatic heterocycles. The average Bonchev–Trinajstić information content (AvgIpc) is 3.33. The van der Waals surface area contributed by atoms with Crippen molar-refractivity contribution in [3.63, 3.8) is 0 Å². The van der Waals surface area contributed by atoms with Gasteiger partial charge in [-0.25, -0.2) is 0 Å². The van der Waals surface area contributed by atoms with Crippen LogP contribution in [-0.2, 0) is 15.2 Å². The van der Waals surface area contributed by atoms with Gasteiger partial charge in [-0.1, -0.05) is 22.8 Å². The molecule has 2 aromatic rings. The van der Waals surface area contributed by atoms with Crippen LogP contribution in [0.1, 0.15) is 30.7 Å². The van der Waals surface area contributed by atoms with Gasteiger partial charge in [0.25, 0.3) is 5.91 Å². The molecule has 4 rings (SSSR count). The fourth-order valence-electron chi connectivity index (χ4n) is 2.88. The first-order valence-corrected chi connectivity index (χ1v) is 9.32. The first-order valence-electron chi connectivity index (χ1n) is 8.13. The summed E-state index contributed by atoms with van der Waals surface area (Å²) in [5, 5.41) is 7.07. The molecule has 1 N–H and O–H groups in total. The zero-order valence-corrected chi connectivity index (χ0v) is 15.8. The maximum atomic E-state index is 12.7. The Morgan fingerprint density at radius 2 is 2.08 bits per heavy atom. The smallest absolute Gasteiger partial charge is 0.265 e. The van der Waals surface area contributed by atoms with Gasteiger partial charge >= 0.3 is 0 Å². The number of fused-ring (bicyclic) bond motifs is 1. The highest BCUT2D eigenvalue weighted by atomic mass is 35.5. The summed E-state index contributed by atoms with van der Waals surface area (Å²) in [4.78, 5) is 18.9. The molecule has 0 aliphatic carbocycles. The zero-order valence-electron chi connectivity index (χ0n) is 14.2. The third kappa shape index (κ3) is 3.24. The van der Waals surface area contributed by atoms with E-state index in [2.05, 4.69) is 10.5 Å². The van der Waals surface area contributed by atoms with Gasteiger partial charge in [-0.15, -0.1) is 11.3 Å². The van der Waals surface area contributed by atoms with Crippen LogP contribution in [0.3, 0.4) is 0 Å². The molecular formula is C18H17ClN2O4S. The second-order valence-electron chi connectivity index (χ2n) is 6.62. The van der Waals surface area contributed by atoms with E-state index in [1.807, 2.05) is 38.1 Å². The van der Waals surface area contributed by atoms with Crippen molar-refractivity contribution in [2.24, 2.45) is 5.16 Å². The van der Waals surface area contributed by atoms with Crippen LogP contribution in [0.2, 0.25) is 4.34 Å². The summed E-state index contributed by atoms with van der Waals surface area (Å²) in [5.74, 6) is 1.18. The maximum Gasteiger partial charge on any atom is 0.265 e. The largest absolute Gasteiger partial charge is 0.454 e. The van der Waals surface area contributed by atoms with Crippen molar-refractivity contribution < 1.29 is 19.1 Å². The Balaban J connectivity index is 1.43. The van der Waals surface area contributed by atoms with E-state index in [1.165, 1.54) is 11.3 Å². The quantitative estimate of drug-likeness (QED) is 0.861. The molecule has 0 bridgehead atoms. The molecular weight excluding hydrogens is 376 g/mol. The number of carbonyl (C=O) groups is 1. The third-order valence-corrected chi connectivity index (χ3v) is 5.63. The minimum Gasteiger partial charge on any atom is -0.454 e. The number of oxime groups is 1. The van der Waals surface area contributed by atoms with Crippen LogP contribution < -0.4 is 14.8 Å². The van der Waals surface area contributed by atoms with Crippen LogP contribution in [0.5, 0.6) is 11.5 Å². The van der Waals surface area contributed by atoms with E-state index in [0.717, 1.165) is 16.2 Å². The lowest BCUT2D eigenvalue weighted by Gasteiger charge is -2.28. The Hall–Kier alpha value is -2.25. The molecule has 136 valence electrons. The lowest BCUT2D eigenvalue weighted by Crippen LogP contribution is -2.46. The number of carbonyl (C=O) groups excluding carboxylic acids is 1.